The molecule has 1 aliphatic heterocycles. The van der Waals surface area contributed by atoms with Crippen LogP contribution in [0.25, 0.3) is 11.1 Å². The minimum atomic E-state index is -3.37. The first kappa shape index (κ1) is 22.3. The third-order valence-electron chi connectivity index (χ3n) is 4.58. The lowest BCUT2D eigenvalue weighted by Gasteiger charge is -2.33. The molecule has 0 bridgehead atoms. The first-order valence-corrected chi connectivity index (χ1v) is 12.4. The van der Waals surface area contributed by atoms with Gasteiger partial charge in [-0.3, -0.25) is 4.57 Å². The van der Waals surface area contributed by atoms with E-state index in [9.17, 15) is 4.57 Å². The summed E-state index contributed by atoms with van der Waals surface area (Å²) in [6, 6.07) is 15.1. The Morgan fingerprint density at radius 2 is 1.79 bits per heavy atom. The molecule has 3 rings (SSSR count). The Bertz CT molecular complexity index is 849. The van der Waals surface area contributed by atoms with E-state index in [1.807, 2.05) is 69.3 Å². The summed E-state index contributed by atoms with van der Waals surface area (Å²) in [6.45, 7) is 6.79. The Kier molecular flexibility index (Phi) is 8.18. The highest BCUT2D eigenvalue weighted by atomic mass is 32.2. The molecule has 29 heavy (non-hydrogen) atoms. The molecule has 2 aromatic carbocycles. The average Bonchev–Trinajstić information content (AvgIpc) is 2.74. The first-order valence-electron chi connectivity index (χ1n) is 9.88. The van der Waals surface area contributed by atoms with Gasteiger partial charge in [0.1, 0.15) is 11.9 Å². The zero-order valence-electron chi connectivity index (χ0n) is 17.0. The van der Waals surface area contributed by atoms with E-state index in [0.717, 1.165) is 16.9 Å². The van der Waals surface area contributed by atoms with Crippen LogP contribution in [0.4, 0.5) is 0 Å². The normalized spacial score (nSPS) is 19.7. The maximum absolute atomic E-state index is 14.0. The van der Waals surface area contributed by atoms with E-state index in [4.69, 9.17) is 18.5 Å². The van der Waals surface area contributed by atoms with Crippen molar-refractivity contribution in [2.45, 2.75) is 39.3 Å². The summed E-state index contributed by atoms with van der Waals surface area (Å²) in [4.78, 5) is 10.6. The molecular weight excluding hydrogens is 409 g/mol. The van der Waals surface area contributed by atoms with Crippen molar-refractivity contribution in [2.24, 2.45) is 0 Å². The first-order chi connectivity index (χ1) is 14.1. The van der Waals surface area contributed by atoms with Crippen molar-refractivity contribution >= 4 is 24.9 Å². The lowest BCUT2D eigenvalue weighted by Crippen LogP contribution is -2.42. The zero-order chi connectivity index (χ0) is 20.7. The van der Waals surface area contributed by atoms with Crippen molar-refractivity contribution in [3.05, 3.63) is 48.5 Å². The molecule has 0 radical (unpaired) electrons. The van der Waals surface area contributed by atoms with Crippen molar-refractivity contribution in [1.29, 1.82) is 0 Å². The van der Waals surface area contributed by atoms with Gasteiger partial charge in [-0.05, 0) is 51.4 Å². The Morgan fingerprint density at radius 1 is 1.07 bits per heavy atom. The van der Waals surface area contributed by atoms with Gasteiger partial charge in [0.2, 0.25) is 0 Å². The number of hydrogen-bond acceptors (Lipinski definition) is 6. The molecule has 2 aromatic rings. The smallest absolute Gasteiger partial charge is 0.347 e. The van der Waals surface area contributed by atoms with Gasteiger partial charge < -0.3 is 8.71 Å². The van der Waals surface area contributed by atoms with Gasteiger partial charge in [-0.1, -0.05) is 36.4 Å². The monoisotopic (exact) mass is 437 g/mol. The maximum Gasteiger partial charge on any atom is 0.347 e. The standard InChI is InChI=1S/C21H28NO5PS/c1-4-24-26-16(3)19(14-15-29-25-5-2)22-28(23)21-13-9-7-11-18(21)17-10-6-8-12-20(17)27-28/h6-13,16,19H,4-5,14-15H2,1-3H3,(H,22,23). The second-order valence-electron chi connectivity index (χ2n) is 6.62. The maximum atomic E-state index is 14.0. The van der Waals surface area contributed by atoms with Crippen LogP contribution < -0.4 is 14.9 Å². The summed E-state index contributed by atoms with van der Waals surface area (Å²) in [6.07, 6.45) is 0.353. The third-order valence-corrected chi connectivity index (χ3v) is 7.53. The van der Waals surface area contributed by atoms with Gasteiger partial charge in [0.25, 0.3) is 0 Å². The fourth-order valence-electron chi connectivity index (χ4n) is 3.19. The number of benzene rings is 2. The average molecular weight is 437 g/mol. The molecule has 0 amide bonds. The van der Waals surface area contributed by atoms with Crippen LogP contribution in [0.3, 0.4) is 0 Å². The highest BCUT2D eigenvalue weighted by Gasteiger charge is 2.39. The molecule has 0 aromatic heterocycles. The molecule has 1 heterocycles. The lowest BCUT2D eigenvalue weighted by molar-refractivity contribution is -0.321. The Hall–Kier alpha value is -1.34. The summed E-state index contributed by atoms with van der Waals surface area (Å²) in [7, 11) is -3.37. The Balaban J connectivity index is 1.86. The van der Waals surface area contributed by atoms with Gasteiger partial charge >= 0.3 is 7.52 Å². The van der Waals surface area contributed by atoms with Gasteiger partial charge in [0, 0.05) is 22.9 Å². The van der Waals surface area contributed by atoms with Crippen molar-refractivity contribution in [1.82, 2.24) is 5.09 Å². The van der Waals surface area contributed by atoms with Crippen molar-refractivity contribution in [3.8, 4) is 16.9 Å². The van der Waals surface area contributed by atoms with Crippen LogP contribution in [0.2, 0.25) is 0 Å². The van der Waals surface area contributed by atoms with Gasteiger partial charge in [-0.15, -0.1) is 0 Å². The summed E-state index contributed by atoms with van der Waals surface area (Å²) < 4.78 is 25.5. The minimum Gasteiger partial charge on any atom is -0.429 e. The number of rotatable bonds is 11. The zero-order valence-corrected chi connectivity index (χ0v) is 18.7. The van der Waals surface area contributed by atoms with Crippen molar-refractivity contribution < 1.29 is 23.0 Å². The minimum absolute atomic E-state index is 0.251. The largest absolute Gasteiger partial charge is 0.429 e. The van der Waals surface area contributed by atoms with E-state index in [1.165, 1.54) is 12.0 Å². The summed E-state index contributed by atoms with van der Waals surface area (Å²) in [5.74, 6) is 1.34. The van der Waals surface area contributed by atoms with E-state index in [2.05, 4.69) is 5.09 Å². The molecule has 1 N–H and O–H groups in total. The SMILES string of the molecule is CCOOC(C)C(CCSOCC)NP1(=O)Oc2ccccc2-c2ccccc21. The molecule has 6 nitrogen and oxygen atoms in total. The molecule has 1 aliphatic rings. The number of para-hydroxylation sites is 1. The molecule has 3 unspecified atom stereocenters. The van der Waals surface area contributed by atoms with Gasteiger partial charge in [-0.25, -0.2) is 14.9 Å². The van der Waals surface area contributed by atoms with Crippen LogP contribution in [0.15, 0.2) is 48.5 Å². The molecule has 8 heteroatoms. The summed E-state index contributed by atoms with van der Waals surface area (Å²) in [5.41, 5.74) is 1.87. The van der Waals surface area contributed by atoms with Crippen LogP contribution in [-0.4, -0.2) is 31.1 Å². The summed E-state index contributed by atoms with van der Waals surface area (Å²) >= 11 is 1.39. The molecule has 158 valence electrons. The molecule has 0 saturated heterocycles. The Morgan fingerprint density at radius 3 is 2.55 bits per heavy atom. The van der Waals surface area contributed by atoms with E-state index >= 15 is 0 Å². The van der Waals surface area contributed by atoms with Crippen molar-refractivity contribution in [2.75, 3.05) is 19.0 Å². The van der Waals surface area contributed by atoms with Crippen molar-refractivity contribution in [3.63, 3.8) is 0 Å². The highest BCUT2D eigenvalue weighted by molar-refractivity contribution is 7.94. The second-order valence-corrected chi connectivity index (χ2v) is 9.52. The quantitative estimate of drug-likeness (QED) is 0.175. The predicted octanol–water partition coefficient (Wildman–Crippen LogP) is 4.95. The topological polar surface area (TPSA) is 66.0 Å². The van der Waals surface area contributed by atoms with Gasteiger partial charge in [0.05, 0.1) is 18.5 Å². The van der Waals surface area contributed by atoms with E-state index in [1.54, 1.807) is 0 Å². The third kappa shape index (κ3) is 5.43. The lowest BCUT2D eigenvalue weighted by atomic mass is 10.0. The van der Waals surface area contributed by atoms with Crippen LogP contribution in [0.1, 0.15) is 27.2 Å². The molecule has 3 atom stereocenters. The number of nitrogens with one attached hydrogen (secondary N) is 1. The number of hydrogen-bond donors (Lipinski definition) is 1. The van der Waals surface area contributed by atoms with E-state index in [-0.39, 0.29) is 12.1 Å². The second kappa shape index (κ2) is 10.6. The predicted molar refractivity (Wildman–Crippen MR) is 118 cm³/mol. The van der Waals surface area contributed by atoms with E-state index < -0.39 is 7.52 Å². The van der Waals surface area contributed by atoms with Gasteiger partial charge in [0.15, 0.2) is 0 Å². The van der Waals surface area contributed by atoms with Crippen LogP contribution >= 0.6 is 19.6 Å². The van der Waals surface area contributed by atoms with Crippen LogP contribution in [0, 0.1) is 0 Å². The molecule has 0 fully saturated rings. The van der Waals surface area contributed by atoms with E-state index in [0.29, 0.717) is 30.7 Å². The summed E-state index contributed by atoms with van der Waals surface area (Å²) in [5, 5.41) is 3.95. The Labute approximate surface area is 176 Å². The van der Waals surface area contributed by atoms with Crippen LogP contribution in [0.5, 0.6) is 5.75 Å². The molecule has 0 spiro atoms. The molecular formula is C21H28NO5PS. The fraction of sp³-hybridized carbons (Fsp3) is 0.429. The fourth-order valence-corrected chi connectivity index (χ4v) is 6.12. The molecule has 0 aliphatic carbocycles. The van der Waals surface area contributed by atoms with Crippen LogP contribution in [-0.2, 0) is 18.5 Å². The molecule has 0 saturated carbocycles. The highest BCUT2D eigenvalue weighted by Crippen LogP contribution is 2.52. The number of fused-ring (bicyclic) bond motifs is 3. The van der Waals surface area contributed by atoms with Gasteiger partial charge in [-0.2, -0.15) is 0 Å².